The van der Waals surface area contributed by atoms with Gasteiger partial charge in [0.05, 0.1) is 13.7 Å². The fraction of sp³-hybridized carbons (Fsp3) is 0.538. The maximum Gasteiger partial charge on any atom is 0.122 e. The van der Waals surface area contributed by atoms with Gasteiger partial charge in [0.25, 0.3) is 0 Å². The standard InChI is InChI=1S/C13H21NO2/c1-4-14-9-11(2)10-16-13-7-5-6-12(8-13)15-3/h5-8,11,14H,4,9-10H2,1-3H3. The van der Waals surface area contributed by atoms with E-state index in [1.165, 1.54) is 0 Å². The summed E-state index contributed by atoms with van der Waals surface area (Å²) >= 11 is 0. The van der Waals surface area contributed by atoms with Gasteiger partial charge in [-0.15, -0.1) is 0 Å². The van der Waals surface area contributed by atoms with E-state index >= 15 is 0 Å². The highest BCUT2D eigenvalue weighted by atomic mass is 16.5. The van der Waals surface area contributed by atoms with Crippen molar-refractivity contribution < 1.29 is 9.47 Å². The normalized spacial score (nSPS) is 12.2. The molecule has 0 spiro atoms. The molecular weight excluding hydrogens is 202 g/mol. The molecule has 3 nitrogen and oxygen atoms in total. The Labute approximate surface area is 97.8 Å². The van der Waals surface area contributed by atoms with Crippen LogP contribution in [0.3, 0.4) is 0 Å². The topological polar surface area (TPSA) is 30.5 Å². The summed E-state index contributed by atoms with van der Waals surface area (Å²) in [6, 6.07) is 7.69. The maximum absolute atomic E-state index is 5.69. The molecule has 90 valence electrons. The molecule has 1 rings (SSSR count). The summed E-state index contributed by atoms with van der Waals surface area (Å²) in [5, 5.41) is 3.30. The molecule has 0 aromatic heterocycles. The van der Waals surface area contributed by atoms with Crippen LogP contribution in [0, 0.1) is 5.92 Å². The second kappa shape index (κ2) is 7.12. The van der Waals surface area contributed by atoms with Crippen LogP contribution in [0.15, 0.2) is 24.3 Å². The number of benzene rings is 1. The van der Waals surface area contributed by atoms with Gasteiger partial charge >= 0.3 is 0 Å². The SMILES string of the molecule is CCNCC(C)COc1cccc(OC)c1. The highest BCUT2D eigenvalue weighted by Gasteiger charge is 2.03. The second-order valence-corrected chi connectivity index (χ2v) is 3.90. The third-order valence-electron chi connectivity index (χ3n) is 2.32. The van der Waals surface area contributed by atoms with Crippen molar-refractivity contribution in [1.29, 1.82) is 0 Å². The molecule has 0 aliphatic heterocycles. The summed E-state index contributed by atoms with van der Waals surface area (Å²) in [4.78, 5) is 0. The van der Waals surface area contributed by atoms with Gasteiger partial charge in [-0.25, -0.2) is 0 Å². The van der Waals surface area contributed by atoms with E-state index in [1.807, 2.05) is 24.3 Å². The number of hydrogen-bond donors (Lipinski definition) is 1. The van der Waals surface area contributed by atoms with Gasteiger partial charge in [-0.1, -0.05) is 19.9 Å². The average Bonchev–Trinajstić information content (AvgIpc) is 2.34. The Morgan fingerprint density at radius 1 is 1.31 bits per heavy atom. The molecule has 0 amide bonds. The van der Waals surface area contributed by atoms with Crippen LogP contribution in [-0.4, -0.2) is 26.8 Å². The summed E-state index contributed by atoms with van der Waals surface area (Å²) in [7, 11) is 1.66. The number of nitrogens with one attached hydrogen (secondary N) is 1. The number of methoxy groups -OCH3 is 1. The first-order chi connectivity index (χ1) is 7.76. The minimum atomic E-state index is 0.506. The number of hydrogen-bond acceptors (Lipinski definition) is 3. The molecule has 0 radical (unpaired) electrons. The predicted molar refractivity (Wildman–Crippen MR) is 66.2 cm³/mol. The van der Waals surface area contributed by atoms with Gasteiger partial charge in [-0.05, 0) is 18.7 Å². The molecule has 0 heterocycles. The fourth-order valence-corrected chi connectivity index (χ4v) is 1.38. The molecule has 16 heavy (non-hydrogen) atoms. The van der Waals surface area contributed by atoms with Crippen LogP contribution in [0.5, 0.6) is 11.5 Å². The third kappa shape index (κ3) is 4.53. The number of rotatable bonds is 7. The zero-order valence-corrected chi connectivity index (χ0v) is 10.3. The Kier molecular flexibility index (Phi) is 5.72. The molecule has 0 fully saturated rings. The largest absolute Gasteiger partial charge is 0.497 e. The van der Waals surface area contributed by atoms with Gasteiger partial charge in [0.15, 0.2) is 0 Å². The molecule has 0 saturated carbocycles. The minimum absolute atomic E-state index is 0.506. The zero-order valence-electron chi connectivity index (χ0n) is 10.3. The molecule has 1 unspecified atom stereocenters. The smallest absolute Gasteiger partial charge is 0.122 e. The molecule has 0 aliphatic carbocycles. The van der Waals surface area contributed by atoms with Crippen LogP contribution in [0.4, 0.5) is 0 Å². The quantitative estimate of drug-likeness (QED) is 0.769. The lowest BCUT2D eigenvalue weighted by molar-refractivity contribution is 0.255. The van der Waals surface area contributed by atoms with Crippen molar-refractivity contribution in [2.45, 2.75) is 13.8 Å². The van der Waals surface area contributed by atoms with E-state index in [4.69, 9.17) is 9.47 Å². The van der Waals surface area contributed by atoms with Crippen LogP contribution < -0.4 is 14.8 Å². The van der Waals surface area contributed by atoms with Crippen LogP contribution in [0.2, 0.25) is 0 Å². The van der Waals surface area contributed by atoms with E-state index < -0.39 is 0 Å². The maximum atomic E-state index is 5.69. The van der Waals surface area contributed by atoms with Gasteiger partial charge in [-0.2, -0.15) is 0 Å². The Bertz CT molecular complexity index is 302. The van der Waals surface area contributed by atoms with Crippen molar-refractivity contribution in [2.24, 2.45) is 5.92 Å². The Hall–Kier alpha value is -1.22. The summed E-state index contributed by atoms with van der Waals surface area (Å²) in [5.41, 5.74) is 0. The monoisotopic (exact) mass is 223 g/mol. The van der Waals surface area contributed by atoms with Gasteiger partial charge in [-0.3, -0.25) is 0 Å². The first kappa shape index (κ1) is 12.8. The summed E-state index contributed by atoms with van der Waals surface area (Å²) in [5.74, 6) is 2.20. The molecule has 0 aliphatic rings. The van der Waals surface area contributed by atoms with Crippen molar-refractivity contribution >= 4 is 0 Å². The van der Waals surface area contributed by atoms with Gasteiger partial charge in [0, 0.05) is 18.5 Å². The van der Waals surface area contributed by atoms with Crippen molar-refractivity contribution in [3.05, 3.63) is 24.3 Å². The molecule has 1 N–H and O–H groups in total. The lowest BCUT2D eigenvalue weighted by Crippen LogP contribution is -2.24. The number of ether oxygens (including phenoxy) is 2. The van der Waals surface area contributed by atoms with E-state index in [1.54, 1.807) is 7.11 Å². The zero-order chi connectivity index (χ0) is 11.8. The van der Waals surface area contributed by atoms with Gasteiger partial charge in [0.1, 0.15) is 11.5 Å². The predicted octanol–water partition coefficient (Wildman–Crippen LogP) is 2.32. The van der Waals surface area contributed by atoms with Crippen molar-refractivity contribution in [2.75, 3.05) is 26.8 Å². The molecule has 0 bridgehead atoms. The van der Waals surface area contributed by atoms with Crippen LogP contribution >= 0.6 is 0 Å². The molecule has 3 heteroatoms. The summed E-state index contributed by atoms with van der Waals surface area (Å²) in [6.45, 7) is 6.99. The Morgan fingerprint density at radius 2 is 2.06 bits per heavy atom. The highest BCUT2D eigenvalue weighted by Crippen LogP contribution is 2.19. The molecule has 0 saturated heterocycles. The van der Waals surface area contributed by atoms with Crippen LogP contribution in [-0.2, 0) is 0 Å². The lowest BCUT2D eigenvalue weighted by Gasteiger charge is -2.13. The van der Waals surface area contributed by atoms with E-state index in [2.05, 4.69) is 19.2 Å². The molecule has 1 aromatic rings. The fourth-order valence-electron chi connectivity index (χ4n) is 1.38. The minimum Gasteiger partial charge on any atom is -0.497 e. The summed E-state index contributed by atoms with van der Waals surface area (Å²) in [6.07, 6.45) is 0. The second-order valence-electron chi connectivity index (χ2n) is 3.90. The molecular formula is C13H21NO2. The van der Waals surface area contributed by atoms with Crippen LogP contribution in [0.25, 0.3) is 0 Å². The average molecular weight is 223 g/mol. The first-order valence-corrected chi connectivity index (χ1v) is 5.73. The highest BCUT2D eigenvalue weighted by molar-refractivity contribution is 5.32. The van der Waals surface area contributed by atoms with Gasteiger partial charge < -0.3 is 14.8 Å². The molecule has 1 aromatic carbocycles. The van der Waals surface area contributed by atoms with E-state index in [-0.39, 0.29) is 0 Å². The van der Waals surface area contributed by atoms with Crippen molar-refractivity contribution in [1.82, 2.24) is 5.32 Å². The first-order valence-electron chi connectivity index (χ1n) is 5.73. The van der Waals surface area contributed by atoms with E-state index in [0.29, 0.717) is 5.92 Å². The van der Waals surface area contributed by atoms with Crippen molar-refractivity contribution in [3.63, 3.8) is 0 Å². The third-order valence-corrected chi connectivity index (χ3v) is 2.32. The summed E-state index contributed by atoms with van der Waals surface area (Å²) < 4.78 is 10.8. The Morgan fingerprint density at radius 3 is 2.75 bits per heavy atom. The van der Waals surface area contributed by atoms with E-state index in [9.17, 15) is 0 Å². The van der Waals surface area contributed by atoms with Crippen molar-refractivity contribution in [3.8, 4) is 11.5 Å². The van der Waals surface area contributed by atoms with E-state index in [0.717, 1.165) is 31.2 Å². The van der Waals surface area contributed by atoms with Gasteiger partial charge in [0.2, 0.25) is 0 Å². The Balaban J connectivity index is 2.35. The van der Waals surface area contributed by atoms with Crippen LogP contribution in [0.1, 0.15) is 13.8 Å². The molecule has 1 atom stereocenters. The lowest BCUT2D eigenvalue weighted by atomic mass is 10.2.